The Bertz CT molecular complexity index is 184. The van der Waals surface area contributed by atoms with Gasteiger partial charge in [0.15, 0.2) is 0 Å². The fraction of sp³-hybridized carbons (Fsp3) is 1.00. The molecular formula is C12H38N2Si4Sr. The van der Waals surface area contributed by atoms with Gasteiger partial charge in [-0.15, -0.1) is 0 Å². The average Bonchev–Trinajstić information content (AvgIpc) is 1.64. The molecule has 0 amide bonds. The van der Waals surface area contributed by atoms with Crippen LogP contribution in [-0.2, 0) is 0 Å². The van der Waals surface area contributed by atoms with E-state index in [2.05, 4.69) is 87.9 Å². The van der Waals surface area contributed by atoms with Crippen LogP contribution in [0.15, 0.2) is 0 Å². The van der Waals surface area contributed by atoms with E-state index in [1.165, 1.54) is 0 Å². The molecule has 7 heteroatoms. The van der Waals surface area contributed by atoms with E-state index < -0.39 is 32.9 Å². The van der Waals surface area contributed by atoms with Crippen molar-refractivity contribution in [2.75, 3.05) is 0 Å². The Morgan fingerprint density at radius 3 is 0.474 bits per heavy atom. The van der Waals surface area contributed by atoms with Crippen LogP contribution < -0.4 is 9.30 Å². The Kier molecular flexibility index (Phi) is 13.0. The predicted octanol–water partition coefficient (Wildman–Crippen LogP) is 4.11. The van der Waals surface area contributed by atoms with E-state index in [9.17, 15) is 0 Å². The van der Waals surface area contributed by atoms with Crippen LogP contribution in [-0.4, -0.2) is 78.4 Å². The Hall–Kier alpha value is 2.27. The first-order valence-electron chi connectivity index (χ1n) is 7.00. The Morgan fingerprint density at radius 1 is 0.368 bits per heavy atom. The van der Waals surface area contributed by atoms with Gasteiger partial charge in [0.2, 0.25) is 0 Å². The standard InChI is InChI=1S/2C6H19NSi2.Sr/c2*1-8(2,3)7-9(4,5)6;/h2*7H,1-6H3;. The Balaban J connectivity index is -0.000000256. The minimum atomic E-state index is -0.981. The summed E-state index contributed by atoms with van der Waals surface area (Å²) in [6.45, 7) is 28.2. The first-order chi connectivity index (χ1) is 7.41. The van der Waals surface area contributed by atoms with Crippen molar-refractivity contribution in [3.63, 3.8) is 0 Å². The van der Waals surface area contributed by atoms with Gasteiger partial charge in [-0.2, -0.15) is 0 Å². The monoisotopic (exact) mass is 410 g/mol. The Labute approximate surface area is 164 Å². The van der Waals surface area contributed by atoms with Crippen LogP contribution >= 0.6 is 0 Å². The van der Waals surface area contributed by atoms with Crippen LogP contribution in [0.2, 0.25) is 78.6 Å². The molecule has 0 aliphatic rings. The van der Waals surface area contributed by atoms with Crippen molar-refractivity contribution in [2.45, 2.75) is 78.6 Å². The zero-order valence-corrected chi connectivity index (χ0v) is 23.2. The molecule has 2 N–H and O–H groups in total. The zero-order chi connectivity index (χ0) is 15.4. The summed E-state index contributed by atoms with van der Waals surface area (Å²) in [7, 11) is -3.92. The molecule has 19 heavy (non-hydrogen) atoms. The molecule has 0 aliphatic heterocycles. The quantitative estimate of drug-likeness (QED) is 0.682. The van der Waals surface area contributed by atoms with Gasteiger partial charge in [-0.1, -0.05) is 78.6 Å². The summed E-state index contributed by atoms with van der Waals surface area (Å²) in [5, 5.41) is 0. The summed E-state index contributed by atoms with van der Waals surface area (Å²) in [6, 6.07) is 0. The minimum Gasteiger partial charge on any atom is -0.360 e. The van der Waals surface area contributed by atoms with Crippen molar-refractivity contribution in [1.82, 2.24) is 9.30 Å². The van der Waals surface area contributed by atoms with Crippen LogP contribution in [0.1, 0.15) is 0 Å². The van der Waals surface area contributed by atoms with Gasteiger partial charge >= 0.3 is 0 Å². The van der Waals surface area contributed by atoms with Crippen LogP contribution in [0, 0.1) is 0 Å². The molecule has 0 fully saturated rings. The molecule has 2 radical (unpaired) electrons. The van der Waals surface area contributed by atoms with Gasteiger partial charge < -0.3 is 9.30 Å². The van der Waals surface area contributed by atoms with E-state index >= 15 is 0 Å². The number of rotatable bonds is 4. The second-order valence-corrected chi connectivity index (χ2v) is 29.2. The summed E-state index contributed by atoms with van der Waals surface area (Å²) >= 11 is 0. The summed E-state index contributed by atoms with van der Waals surface area (Å²) in [4.78, 5) is 0. The van der Waals surface area contributed by atoms with Crippen LogP contribution in [0.25, 0.3) is 0 Å². The molecule has 0 saturated carbocycles. The molecule has 0 rings (SSSR count). The molecule has 0 saturated heterocycles. The fourth-order valence-corrected chi connectivity index (χ4v) is 20.2. The first kappa shape index (κ1) is 26.2. The Morgan fingerprint density at radius 2 is 0.474 bits per heavy atom. The van der Waals surface area contributed by atoms with Gasteiger partial charge in [0.1, 0.15) is 32.9 Å². The van der Waals surface area contributed by atoms with Crippen molar-refractivity contribution >= 4 is 78.4 Å². The van der Waals surface area contributed by atoms with Crippen molar-refractivity contribution < 1.29 is 0 Å². The molecule has 0 atom stereocenters. The SMILES string of the molecule is C[Si](C)(C)N[Si](C)(C)C.C[Si](C)(C)N[Si](C)(C)C.[Sr]. The van der Waals surface area contributed by atoms with Crippen LogP contribution in [0.3, 0.4) is 0 Å². The molecule has 0 spiro atoms. The fourth-order valence-electron chi connectivity index (χ4n) is 2.25. The maximum atomic E-state index is 3.74. The number of hydrogen-bond donors (Lipinski definition) is 2. The van der Waals surface area contributed by atoms with Crippen molar-refractivity contribution in [1.29, 1.82) is 0 Å². The molecule has 0 aromatic heterocycles. The molecular weight excluding hydrogens is 372 g/mol. The molecule has 0 aliphatic carbocycles. The second-order valence-electron chi connectivity index (χ2n) is 9.25. The molecule has 0 bridgehead atoms. The molecule has 0 aromatic rings. The smallest absolute Gasteiger partial charge is 0.109 e. The van der Waals surface area contributed by atoms with Crippen LogP contribution in [0.5, 0.6) is 0 Å². The van der Waals surface area contributed by atoms with E-state index in [1.807, 2.05) is 0 Å². The van der Waals surface area contributed by atoms with E-state index in [0.717, 1.165) is 0 Å². The third-order valence-corrected chi connectivity index (χ3v) is 13.5. The second kappa shape index (κ2) is 9.42. The average molecular weight is 410 g/mol. The predicted molar refractivity (Wildman–Crippen MR) is 105 cm³/mol. The van der Waals surface area contributed by atoms with E-state index in [4.69, 9.17) is 0 Å². The van der Waals surface area contributed by atoms with Crippen molar-refractivity contribution in [3.05, 3.63) is 0 Å². The molecule has 0 unspecified atom stereocenters. The molecule has 0 heterocycles. The van der Waals surface area contributed by atoms with Gasteiger partial charge in [0.25, 0.3) is 0 Å². The van der Waals surface area contributed by atoms with Crippen molar-refractivity contribution in [2.24, 2.45) is 0 Å². The van der Waals surface area contributed by atoms with E-state index in [-0.39, 0.29) is 45.5 Å². The zero-order valence-electron chi connectivity index (χ0n) is 15.7. The maximum Gasteiger partial charge on any atom is 0.109 e. The number of nitrogens with one attached hydrogen (secondary N) is 2. The third-order valence-electron chi connectivity index (χ3n) is 1.50. The summed E-state index contributed by atoms with van der Waals surface area (Å²) in [5.41, 5.74) is 0. The topological polar surface area (TPSA) is 24.1 Å². The van der Waals surface area contributed by atoms with E-state index in [0.29, 0.717) is 0 Å². The normalized spacial score (nSPS) is 13.3. The molecule has 114 valence electrons. The minimum absolute atomic E-state index is 0. The van der Waals surface area contributed by atoms with Gasteiger partial charge in [-0.3, -0.25) is 0 Å². The van der Waals surface area contributed by atoms with Gasteiger partial charge in [0, 0.05) is 45.5 Å². The number of hydrogen-bond acceptors (Lipinski definition) is 2. The first-order valence-corrected chi connectivity index (χ1v) is 21.0. The van der Waals surface area contributed by atoms with Crippen LogP contribution in [0.4, 0.5) is 0 Å². The summed E-state index contributed by atoms with van der Waals surface area (Å²) in [6.07, 6.45) is 0. The van der Waals surface area contributed by atoms with Gasteiger partial charge in [-0.05, 0) is 0 Å². The van der Waals surface area contributed by atoms with Gasteiger partial charge in [-0.25, -0.2) is 0 Å². The largest absolute Gasteiger partial charge is 0.360 e. The maximum absolute atomic E-state index is 3.74. The van der Waals surface area contributed by atoms with E-state index in [1.54, 1.807) is 0 Å². The summed E-state index contributed by atoms with van der Waals surface area (Å²) < 4.78 is 7.47. The molecule has 2 nitrogen and oxygen atoms in total. The summed E-state index contributed by atoms with van der Waals surface area (Å²) in [5.74, 6) is 0. The third kappa shape index (κ3) is 33.2. The molecule has 0 aromatic carbocycles. The van der Waals surface area contributed by atoms with Gasteiger partial charge in [0.05, 0.1) is 0 Å². The van der Waals surface area contributed by atoms with Crippen molar-refractivity contribution in [3.8, 4) is 0 Å².